The Morgan fingerprint density at radius 2 is 1.62 bits per heavy atom. The highest BCUT2D eigenvalue weighted by Gasteiger charge is 2.41. The number of hydrogen-bond donors (Lipinski definition) is 1. The van der Waals surface area contributed by atoms with Crippen LogP contribution < -0.4 is 5.14 Å². The summed E-state index contributed by atoms with van der Waals surface area (Å²) in [6, 6.07) is 9.90. The highest BCUT2D eigenvalue weighted by molar-refractivity contribution is 7.89. The van der Waals surface area contributed by atoms with Crippen molar-refractivity contribution >= 4 is 21.2 Å². The maximum atomic E-state index is 13.3. The third-order valence-electron chi connectivity index (χ3n) is 5.70. The largest absolute Gasteiger partial charge is 0.254 e. The second kappa shape index (κ2) is 6.28. The van der Waals surface area contributed by atoms with Crippen molar-refractivity contribution in [1.82, 2.24) is 4.98 Å². The van der Waals surface area contributed by atoms with E-state index < -0.39 is 10.0 Å². The lowest BCUT2D eigenvalue weighted by molar-refractivity contribution is 0.329. The highest BCUT2D eigenvalue weighted by atomic mass is 32.2. The lowest BCUT2D eigenvalue weighted by Gasteiger charge is -2.23. The van der Waals surface area contributed by atoms with Crippen molar-refractivity contribution in [2.45, 2.75) is 43.4 Å². The molecule has 0 atom stereocenters. The Morgan fingerprint density at radius 3 is 2.19 bits per heavy atom. The zero-order valence-corrected chi connectivity index (χ0v) is 15.2. The normalized spacial score (nSPS) is 19.5. The predicted molar refractivity (Wildman–Crippen MR) is 99.0 cm³/mol. The molecule has 1 saturated carbocycles. The van der Waals surface area contributed by atoms with Gasteiger partial charge in [0, 0.05) is 0 Å². The molecule has 1 fully saturated rings. The molecule has 2 aliphatic carbocycles. The topological polar surface area (TPSA) is 73.1 Å². The minimum atomic E-state index is -3.71. The quantitative estimate of drug-likeness (QED) is 0.880. The summed E-state index contributed by atoms with van der Waals surface area (Å²) in [5.74, 6) is -0.345. The summed E-state index contributed by atoms with van der Waals surface area (Å²) in [4.78, 5) is 4.41. The number of nitrogens with zero attached hydrogens (tertiary/aromatic N) is 1. The third kappa shape index (κ3) is 3.19. The molecule has 0 aliphatic heterocycles. The second-order valence-electron chi connectivity index (χ2n) is 7.45. The van der Waals surface area contributed by atoms with Gasteiger partial charge in [-0.1, -0.05) is 25.0 Å². The van der Waals surface area contributed by atoms with Crippen molar-refractivity contribution in [2.24, 2.45) is 10.6 Å². The Labute approximate surface area is 153 Å². The number of benzene rings is 1. The number of pyridine rings is 1. The van der Waals surface area contributed by atoms with Crippen LogP contribution in [0.4, 0.5) is 4.39 Å². The van der Waals surface area contributed by atoms with E-state index in [4.69, 9.17) is 5.14 Å². The molecule has 2 aliphatic rings. The van der Waals surface area contributed by atoms with Gasteiger partial charge < -0.3 is 0 Å². The lowest BCUT2D eigenvalue weighted by Crippen LogP contribution is -2.12. The van der Waals surface area contributed by atoms with Crippen LogP contribution in [-0.4, -0.2) is 13.4 Å². The van der Waals surface area contributed by atoms with E-state index in [0.717, 1.165) is 29.7 Å². The van der Waals surface area contributed by atoms with Crippen LogP contribution >= 0.6 is 0 Å². The van der Waals surface area contributed by atoms with E-state index in [0.29, 0.717) is 0 Å². The van der Waals surface area contributed by atoms with Gasteiger partial charge in [-0.2, -0.15) is 0 Å². The summed E-state index contributed by atoms with van der Waals surface area (Å²) < 4.78 is 36.3. The number of halogens is 1. The fourth-order valence-electron chi connectivity index (χ4n) is 4.43. The van der Waals surface area contributed by atoms with Crippen molar-refractivity contribution in [2.75, 3.05) is 0 Å². The van der Waals surface area contributed by atoms with E-state index in [2.05, 4.69) is 4.98 Å². The van der Waals surface area contributed by atoms with Gasteiger partial charge in [0.1, 0.15) is 5.82 Å². The van der Waals surface area contributed by atoms with Crippen molar-refractivity contribution in [1.29, 1.82) is 0 Å². The van der Waals surface area contributed by atoms with Gasteiger partial charge in [-0.15, -0.1) is 0 Å². The fraction of sp³-hybridized carbons (Fsp3) is 0.350. The number of aromatic nitrogens is 1. The molecule has 2 N–H and O–H groups in total. The highest BCUT2D eigenvalue weighted by Crippen LogP contribution is 2.57. The summed E-state index contributed by atoms with van der Waals surface area (Å²) in [7, 11) is -3.71. The Morgan fingerprint density at radius 1 is 0.962 bits per heavy atom. The predicted octanol–water partition coefficient (Wildman–Crippen LogP) is 4.13. The number of primary sulfonamides is 1. The van der Waals surface area contributed by atoms with Crippen LogP contribution in [0.1, 0.15) is 49.8 Å². The average Bonchev–Trinajstić information content (AvgIpc) is 3.22. The van der Waals surface area contributed by atoms with Crippen molar-refractivity contribution in [3.05, 3.63) is 59.7 Å². The molecule has 1 aromatic carbocycles. The van der Waals surface area contributed by atoms with Gasteiger partial charge in [0.05, 0.1) is 16.8 Å². The number of nitrogens with two attached hydrogens (primary N) is 1. The van der Waals surface area contributed by atoms with Crippen molar-refractivity contribution in [3.63, 3.8) is 0 Å². The monoisotopic (exact) mass is 372 g/mol. The zero-order valence-electron chi connectivity index (χ0n) is 14.4. The van der Waals surface area contributed by atoms with Crippen LogP contribution in [0, 0.1) is 11.2 Å². The first-order valence-electron chi connectivity index (χ1n) is 8.84. The summed E-state index contributed by atoms with van der Waals surface area (Å²) in [5, 5.41) is 5.20. The number of rotatable bonds is 3. The summed E-state index contributed by atoms with van der Waals surface area (Å²) in [6.07, 6.45) is 8.01. The van der Waals surface area contributed by atoms with E-state index >= 15 is 0 Å². The summed E-state index contributed by atoms with van der Waals surface area (Å²) >= 11 is 0. The van der Waals surface area contributed by atoms with Gasteiger partial charge in [-0.3, -0.25) is 4.98 Å². The van der Waals surface area contributed by atoms with E-state index in [1.54, 1.807) is 18.2 Å². The van der Waals surface area contributed by atoms with Crippen LogP contribution in [-0.2, 0) is 10.0 Å². The number of sulfonamides is 1. The van der Waals surface area contributed by atoms with Gasteiger partial charge in [0.15, 0.2) is 0 Å². The number of hydrogen-bond acceptors (Lipinski definition) is 3. The SMILES string of the molecule is NS(=O)(=O)c1ccc(C2=C(c3ccc(F)cn3)CC3(CCCC3)C2)cc1. The van der Waals surface area contributed by atoms with Gasteiger partial charge >= 0.3 is 0 Å². The van der Waals surface area contributed by atoms with E-state index in [-0.39, 0.29) is 16.1 Å². The molecule has 26 heavy (non-hydrogen) atoms. The Balaban J connectivity index is 1.78. The van der Waals surface area contributed by atoms with Gasteiger partial charge in [-0.25, -0.2) is 17.9 Å². The molecule has 6 heteroatoms. The molecule has 4 nitrogen and oxygen atoms in total. The smallest absolute Gasteiger partial charge is 0.238 e. The molecular weight excluding hydrogens is 351 g/mol. The molecule has 0 unspecified atom stereocenters. The van der Waals surface area contributed by atoms with Gasteiger partial charge in [0.2, 0.25) is 10.0 Å². The number of allylic oxidation sites excluding steroid dienone is 2. The fourth-order valence-corrected chi connectivity index (χ4v) is 4.94. The first-order valence-corrected chi connectivity index (χ1v) is 10.4. The summed E-state index contributed by atoms with van der Waals surface area (Å²) in [5.41, 5.74) is 4.39. The molecule has 0 radical (unpaired) electrons. The van der Waals surface area contributed by atoms with E-state index in [1.807, 2.05) is 12.1 Å². The Bertz CT molecular complexity index is 958. The standard InChI is InChI=1S/C20H21FN2O2S/c21-15-5-8-19(23-13-15)18-12-20(9-1-2-10-20)11-17(18)14-3-6-16(7-4-14)26(22,24)25/h3-8,13H,1-2,9-12H2,(H2,22,24,25). The molecule has 4 rings (SSSR count). The molecular formula is C20H21FN2O2S. The zero-order chi connectivity index (χ0) is 18.4. The van der Waals surface area contributed by atoms with Crippen LogP contribution in [0.2, 0.25) is 0 Å². The summed E-state index contributed by atoms with van der Waals surface area (Å²) in [6.45, 7) is 0. The minimum Gasteiger partial charge on any atom is -0.254 e. The van der Waals surface area contributed by atoms with Gasteiger partial charge in [0.25, 0.3) is 0 Å². The molecule has 1 aromatic heterocycles. The molecule has 1 heterocycles. The van der Waals surface area contributed by atoms with E-state index in [9.17, 15) is 12.8 Å². The maximum Gasteiger partial charge on any atom is 0.238 e. The van der Waals surface area contributed by atoms with E-state index in [1.165, 1.54) is 43.5 Å². The molecule has 0 amide bonds. The lowest BCUT2D eigenvalue weighted by atomic mass is 9.81. The third-order valence-corrected chi connectivity index (χ3v) is 6.63. The minimum absolute atomic E-state index is 0.108. The Hall–Kier alpha value is -2.05. The van der Waals surface area contributed by atoms with Crippen LogP contribution in [0.15, 0.2) is 47.5 Å². The van der Waals surface area contributed by atoms with Gasteiger partial charge in [-0.05, 0) is 72.1 Å². The Kier molecular flexibility index (Phi) is 4.20. The maximum absolute atomic E-state index is 13.3. The molecule has 0 saturated heterocycles. The van der Waals surface area contributed by atoms with Crippen LogP contribution in [0.3, 0.4) is 0 Å². The first kappa shape index (κ1) is 17.4. The van der Waals surface area contributed by atoms with Crippen molar-refractivity contribution < 1.29 is 12.8 Å². The average molecular weight is 372 g/mol. The molecule has 1 spiro atoms. The molecule has 136 valence electrons. The first-order chi connectivity index (χ1) is 12.4. The van der Waals surface area contributed by atoms with Crippen LogP contribution in [0.5, 0.6) is 0 Å². The second-order valence-corrected chi connectivity index (χ2v) is 9.01. The molecule has 2 aromatic rings. The molecule has 0 bridgehead atoms. The van der Waals surface area contributed by atoms with Crippen LogP contribution in [0.25, 0.3) is 11.1 Å². The van der Waals surface area contributed by atoms with Crippen molar-refractivity contribution in [3.8, 4) is 0 Å².